The second-order valence-electron chi connectivity index (χ2n) is 5.35. The van der Waals surface area contributed by atoms with Gasteiger partial charge in [0.1, 0.15) is 5.54 Å². The van der Waals surface area contributed by atoms with Gasteiger partial charge in [-0.1, -0.05) is 19.3 Å². The molecular weight excluding hydrogens is 204 g/mol. The van der Waals surface area contributed by atoms with Crippen LogP contribution in [0.25, 0.3) is 0 Å². The molecule has 0 bridgehead atoms. The van der Waals surface area contributed by atoms with E-state index in [1.54, 1.807) is 0 Å². The van der Waals surface area contributed by atoms with Gasteiger partial charge in [-0.05, 0) is 26.3 Å². The highest BCUT2D eigenvalue weighted by atomic mass is 16.4. The smallest absolute Gasteiger partial charge is 0.325 e. The summed E-state index contributed by atoms with van der Waals surface area (Å²) in [5, 5.41) is 12.8. The standard InChI is InChI=1S/C12H22N2O2/c1-14-8-7-12(9-14,11(15)16)13-10-5-3-2-4-6-10/h10,13H,2-9H2,1H3,(H,15,16). The summed E-state index contributed by atoms with van der Waals surface area (Å²) in [6.07, 6.45) is 6.79. The predicted octanol–water partition coefficient (Wildman–Crippen LogP) is 1.07. The maximum atomic E-state index is 11.5. The molecule has 4 nitrogen and oxygen atoms in total. The van der Waals surface area contributed by atoms with E-state index in [1.807, 2.05) is 7.05 Å². The summed E-state index contributed by atoms with van der Waals surface area (Å²) in [5.74, 6) is -0.678. The fourth-order valence-corrected chi connectivity index (χ4v) is 2.99. The molecule has 0 aromatic rings. The second kappa shape index (κ2) is 4.72. The molecule has 1 atom stereocenters. The molecule has 4 heteroatoms. The van der Waals surface area contributed by atoms with Crippen molar-refractivity contribution in [1.82, 2.24) is 10.2 Å². The monoisotopic (exact) mass is 226 g/mol. The number of carbonyl (C=O) groups is 1. The van der Waals surface area contributed by atoms with Crippen LogP contribution in [-0.4, -0.2) is 47.7 Å². The van der Waals surface area contributed by atoms with Crippen LogP contribution in [-0.2, 0) is 4.79 Å². The number of rotatable bonds is 3. The number of hydrogen-bond acceptors (Lipinski definition) is 3. The molecule has 1 aliphatic carbocycles. The van der Waals surface area contributed by atoms with Crippen LogP contribution in [0.3, 0.4) is 0 Å². The van der Waals surface area contributed by atoms with E-state index in [9.17, 15) is 9.90 Å². The Balaban J connectivity index is 1.99. The molecule has 0 aromatic heterocycles. The minimum atomic E-state index is -0.684. The summed E-state index contributed by atoms with van der Waals surface area (Å²) < 4.78 is 0. The lowest BCUT2D eigenvalue weighted by molar-refractivity contribution is -0.144. The van der Waals surface area contributed by atoms with Crippen molar-refractivity contribution in [1.29, 1.82) is 0 Å². The number of likely N-dealkylation sites (N-methyl/N-ethyl adjacent to an activating group) is 1. The van der Waals surface area contributed by atoms with E-state index in [4.69, 9.17) is 0 Å². The van der Waals surface area contributed by atoms with Gasteiger partial charge in [-0.3, -0.25) is 10.1 Å². The van der Waals surface area contributed by atoms with Gasteiger partial charge in [0.05, 0.1) is 0 Å². The maximum absolute atomic E-state index is 11.5. The molecule has 1 saturated carbocycles. The van der Waals surface area contributed by atoms with Gasteiger partial charge >= 0.3 is 5.97 Å². The van der Waals surface area contributed by atoms with E-state index < -0.39 is 11.5 Å². The van der Waals surface area contributed by atoms with E-state index in [0.717, 1.165) is 25.8 Å². The number of carboxylic acid groups (broad SMARTS) is 1. The Morgan fingerprint density at radius 2 is 2.06 bits per heavy atom. The van der Waals surface area contributed by atoms with E-state index in [2.05, 4.69) is 10.2 Å². The highest BCUT2D eigenvalue weighted by Gasteiger charge is 2.44. The van der Waals surface area contributed by atoms with Crippen LogP contribution in [0.2, 0.25) is 0 Å². The first-order chi connectivity index (χ1) is 7.62. The van der Waals surface area contributed by atoms with Crippen LogP contribution >= 0.6 is 0 Å². The van der Waals surface area contributed by atoms with Crippen molar-refractivity contribution in [3.63, 3.8) is 0 Å². The van der Waals surface area contributed by atoms with Crippen LogP contribution in [0.15, 0.2) is 0 Å². The molecule has 92 valence electrons. The third-order valence-electron chi connectivity index (χ3n) is 3.96. The lowest BCUT2D eigenvalue weighted by atomic mass is 9.90. The molecular formula is C12H22N2O2. The lowest BCUT2D eigenvalue weighted by Crippen LogP contribution is -2.57. The molecule has 2 N–H and O–H groups in total. The van der Waals surface area contributed by atoms with Gasteiger partial charge in [0.25, 0.3) is 0 Å². The van der Waals surface area contributed by atoms with E-state index in [1.165, 1.54) is 19.3 Å². The largest absolute Gasteiger partial charge is 0.480 e. The third kappa shape index (κ3) is 2.38. The normalized spacial score (nSPS) is 33.1. The molecule has 1 aliphatic heterocycles. The average molecular weight is 226 g/mol. The minimum Gasteiger partial charge on any atom is -0.480 e. The summed E-state index contributed by atoms with van der Waals surface area (Å²) in [4.78, 5) is 13.6. The van der Waals surface area contributed by atoms with Crippen molar-refractivity contribution in [2.45, 2.75) is 50.1 Å². The average Bonchev–Trinajstić information content (AvgIpc) is 2.63. The molecule has 1 heterocycles. The number of carboxylic acids is 1. The van der Waals surface area contributed by atoms with Crippen molar-refractivity contribution in [3.05, 3.63) is 0 Å². The molecule has 2 aliphatic rings. The summed E-state index contributed by atoms with van der Waals surface area (Å²) >= 11 is 0. The first-order valence-corrected chi connectivity index (χ1v) is 6.32. The molecule has 0 spiro atoms. The van der Waals surface area contributed by atoms with Gasteiger partial charge in [-0.15, -0.1) is 0 Å². The van der Waals surface area contributed by atoms with Gasteiger partial charge in [0.2, 0.25) is 0 Å². The SMILES string of the molecule is CN1CCC(NC2CCCCC2)(C(=O)O)C1. The highest BCUT2D eigenvalue weighted by molar-refractivity contribution is 5.79. The van der Waals surface area contributed by atoms with Gasteiger partial charge in [0, 0.05) is 19.1 Å². The fourth-order valence-electron chi connectivity index (χ4n) is 2.99. The van der Waals surface area contributed by atoms with E-state index in [-0.39, 0.29) is 0 Å². The topological polar surface area (TPSA) is 52.6 Å². The van der Waals surface area contributed by atoms with Crippen molar-refractivity contribution < 1.29 is 9.90 Å². The molecule has 1 unspecified atom stereocenters. The molecule has 0 amide bonds. The predicted molar refractivity (Wildman–Crippen MR) is 62.5 cm³/mol. The molecule has 16 heavy (non-hydrogen) atoms. The molecule has 2 rings (SSSR count). The zero-order valence-corrected chi connectivity index (χ0v) is 10.0. The van der Waals surface area contributed by atoms with Gasteiger partial charge in [-0.25, -0.2) is 0 Å². The minimum absolute atomic E-state index is 0.413. The van der Waals surface area contributed by atoms with Crippen molar-refractivity contribution in [2.24, 2.45) is 0 Å². The maximum Gasteiger partial charge on any atom is 0.325 e. The number of likely N-dealkylation sites (tertiary alicyclic amines) is 1. The van der Waals surface area contributed by atoms with Gasteiger partial charge < -0.3 is 10.0 Å². The van der Waals surface area contributed by atoms with Crippen molar-refractivity contribution >= 4 is 5.97 Å². The number of nitrogens with zero attached hydrogens (tertiary/aromatic N) is 1. The molecule has 0 radical (unpaired) electrons. The fraction of sp³-hybridized carbons (Fsp3) is 0.917. The lowest BCUT2D eigenvalue weighted by Gasteiger charge is -2.33. The first-order valence-electron chi connectivity index (χ1n) is 6.32. The van der Waals surface area contributed by atoms with E-state index >= 15 is 0 Å². The first kappa shape index (κ1) is 11.9. The summed E-state index contributed by atoms with van der Waals surface area (Å²) in [6.45, 7) is 1.52. The van der Waals surface area contributed by atoms with Gasteiger partial charge in [-0.2, -0.15) is 0 Å². The molecule has 1 saturated heterocycles. The van der Waals surface area contributed by atoms with Gasteiger partial charge in [0.15, 0.2) is 0 Å². The van der Waals surface area contributed by atoms with Crippen molar-refractivity contribution in [2.75, 3.05) is 20.1 Å². The quantitative estimate of drug-likeness (QED) is 0.756. The molecule has 2 fully saturated rings. The molecule has 0 aromatic carbocycles. The Bertz CT molecular complexity index is 264. The second-order valence-corrected chi connectivity index (χ2v) is 5.35. The Morgan fingerprint density at radius 1 is 1.38 bits per heavy atom. The summed E-state index contributed by atoms with van der Waals surface area (Å²) in [7, 11) is 1.99. The Labute approximate surface area is 97.0 Å². The highest BCUT2D eigenvalue weighted by Crippen LogP contribution is 2.25. The number of nitrogens with one attached hydrogen (secondary N) is 1. The van der Waals surface area contributed by atoms with E-state index in [0.29, 0.717) is 12.6 Å². The number of aliphatic carboxylic acids is 1. The summed E-state index contributed by atoms with van der Waals surface area (Å²) in [5.41, 5.74) is -0.684. The van der Waals surface area contributed by atoms with Crippen LogP contribution in [0.1, 0.15) is 38.5 Å². The Kier molecular flexibility index (Phi) is 3.50. The van der Waals surface area contributed by atoms with Crippen LogP contribution in [0, 0.1) is 0 Å². The Hall–Kier alpha value is -0.610. The zero-order chi connectivity index (χ0) is 11.6. The Morgan fingerprint density at radius 3 is 2.56 bits per heavy atom. The van der Waals surface area contributed by atoms with Crippen molar-refractivity contribution in [3.8, 4) is 0 Å². The third-order valence-corrected chi connectivity index (χ3v) is 3.96. The van der Waals surface area contributed by atoms with Crippen LogP contribution in [0.5, 0.6) is 0 Å². The zero-order valence-electron chi connectivity index (χ0n) is 10.0. The number of hydrogen-bond donors (Lipinski definition) is 2. The summed E-state index contributed by atoms with van der Waals surface area (Å²) in [6, 6.07) is 0.413. The van der Waals surface area contributed by atoms with Crippen LogP contribution in [0.4, 0.5) is 0 Å². The van der Waals surface area contributed by atoms with Crippen LogP contribution < -0.4 is 5.32 Å².